The van der Waals surface area contributed by atoms with Gasteiger partial charge in [0.15, 0.2) is 8.68 Å². The summed E-state index contributed by atoms with van der Waals surface area (Å²) in [5.74, 6) is 0.639. The van der Waals surface area contributed by atoms with E-state index >= 15 is 0 Å². The SMILES string of the molecule is CCSc1nnc(SCC(=O)NCC(=O)Nc2ccccc2Br)s1. The second-order valence-electron chi connectivity index (χ2n) is 4.36. The highest BCUT2D eigenvalue weighted by Crippen LogP contribution is 2.28. The second kappa shape index (κ2) is 10.0. The Kier molecular flexibility index (Phi) is 8.03. The van der Waals surface area contributed by atoms with Gasteiger partial charge in [0.1, 0.15) is 0 Å². The van der Waals surface area contributed by atoms with Crippen LogP contribution in [0.5, 0.6) is 0 Å². The maximum atomic E-state index is 11.8. The number of aromatic nitrogens is 2. The molecule has 128 valence electrons. The molecule has 0 saturated heterocycles. The third-order valence-electron chi connectivity index (χ3n) is 2.58. The Morgan fingerprint density at radius 3 is 2.58 bits per heavy atom. The molecule has 2 rings (SSSR count). The summed E-state index contributed by atoms with van der Waals surface area (Å²) in [5, 5.41) is 13.4. The maximum Gasteiger partial charge on any atom is 0.243 e. The van der Waals surface area contributed by atoms with E-state index in [1.165, 1.54) is 23.1 Å². The second-order valence-corrected chi connectivity index (χ2v) is 8.93. The van der Waals surface area contributed by atoms with Crippen LogP contribution < -0.4 is 10.6 Å². The molecule has 0 atom stereocenters. The number of para-hydroxylation sites is 1. The van der Waals surface area contributed by atoms with E-state index in [-0.39, 0.29) is 24.1 Å². The molecule has 1 aromatic heterocycles. The number of nitrogens with zero attached hydrogens (tertiary/aromatic N) is 2. The van der Waals surface area contributed by atoms with Crippen molar-refractivity contribution in [3.63, 3.8) is 0 Å². The fraction of sp³-hybridized carbons (Fsp3) is 0.286. The molecule has 24 heavy (non-hydrogen) atoms. The fourth-order valence-corrected chi connectivity index (χ4v) is 4.68. The van der Waals surface area contributed by atoms with Gasteiger partial charge in [-0.1, -0.05) is 53.9 Å². The topological polar surface area (TPSA) is 84.0 Å². The van der Waals surface area contributed by atoms with E-state index in [2.05, 4.69) is 36.8 Å². The van der Waals surface area contributed by atoms with Crippen molar-refractivity contribution in [3.8, 4) is 0 Å². The first-order chi connectivity index (χ1) is 11.6. The average Bonchev–Trinajstić information content (AvgIpc) is 3.01. The molecule has 1 heterocycles. The number of amides is 2. The lowest BCUT2D eigenvalue weighted by Crippen LogP contribution is -2.33. The van der Waals surface area contributed by atoms with Crippen LogP contribution >= 0.6 is 50.8 Å². The minimum absolute atomic E-state index is 0.0756. The summed E-state index contributed by atoms with van der Waals surface area (Å²) in [6, 6.07) is 7.29. The summed E-state index contributed by atoms with van der Waals surface area (Å²) in [6.07, 6.45) is 0. The largest absolute Gasteiger partial charge is 0.346 e. The Hall–Kier alpha value is -1.10. The van der Waals surface area contributed by atoms with Gasteiger partial charge < -0.3 is 10.6 Å². The van der Waals surface area contributed by atoms with Crippen LogP contribution in [0.3, 0.4) is 0 Å². The van der Waals surface area contributed by atoms with E-state index in [4.69, 9.17) is 0 Å². The summed E-state index contributed by atoms with van der Waals surface area (Å²) in [7, 11) is 0. The molecule has 0 radical (unpaired) electrons. The van der Waals surface area contributed by atoms with Crippen molar-refractivity contribution < 1.29 is 9.59 Å². The lowest BCUT2D eigenvalue weighted by molar-refractivity contribution is -0.122. The number of nitrogens with one attached hydrogen (secondary N) is 2. The summed E-state index contributed by atoms with van der Waals surface area (Å²) in [5.41, 5.74) is 0.668. The summed E-state index contributed by atoms with van der Waals surface area (Å²) < 4.78 is 2.43. The van der Waals surface area contributed by atoms with Crippen LogP contribution in [0.15, 0.2) is 37.4 Å². The molecule has 2 amide bonds. The van der Waals surface area contributed by atoms with Crippen LogP contribution in [0.2, 0.25) is 0 Å². The zero-order valence-electron chi connectivity index (χ0n) is 12.7. The molecule has 2 N–H and O–H groups in total. The molecule has 1 aromatic carbocycles. The van der Waals surface area contributed by atoms with Crippen LogP contribution in [0.4, 0.5) is 5.69 Å². The lowest BCUT2D eigenvalue weighted by atomic mass is 10.3. The van der Waals surface area contributed by atoms with E-state index in [1.54, 1.807) is 17.8 Å². The van der Waals surface area contributed by atoms with Gasteiger partial charge in [-0.15, -0.1) is 10.2 Å². The van der Waals surface area contributed by atoms with Crippen LogP contribution in [0.25, 0.3) is 0 Å². The first-order valence-corrected chi connectivity index (χ1v) is 10.6. The Balaban J connectivity index is 1.70. The fourth-order valence-electron chi connectivity index (χ4n) is 1.55. The Morgan fingerprint density at radius 1 is 1.17 bits per heavy atom. The van der Waals surface area contributed by atoms with Crippen molar-refractivity contribution in [1.82, 2.24) is 15.5 Å². The van der Waals surface area contributed by atoms with E-state index in [9.17, 15) is 9.59 Å². The van der Waals surface area contributed by atoms with Crippen molar-refractivity contribution in [2.24, 2.45) is 0 Å². The molecular weight excluding hydrogens is 432 g/mol. The molecule has 0 aliphatic carbocycles. The molecule has 0 aliphatic heterocycles. The molecule has 0 saturated carbocycles. The number of benzene rings is 1. The van der Waals surface area contributed by atoms with Gasteiger partial charge in [0.2, 0.25) is 11.8 Å². The number of rotatable bonds is 8. The Morgan fingerprint density at radius 2 is 1.88 bits per heavy atom. The molecule has 6 nitrogen and oxygen atoms in total. The third-order valence-corrected chi connectivity index (χ3v) is 6.34. The van der Waals surface area contributed by atoms with E-state index in [0.717, 1.165) is 18.9 Å². The number of anilines is 1. The first-order valence-electron chi connectivity index (χ1n) is 6.98. The number of carbonyl (C=O) groups excluding carboxylic acids is 2. The molecule has 0 bridgehead atoms. The highest BCUT2D eigenvalue weighted by Gasteiger charge is 2.10. The molecule has 10 heteroatoms. The zero-order valence-corrected chi connectivity index (χ0v) is 16.8. The summed E-state index contributed by atoms with van der Waals surface area (Å²) >= 11 is 7.75. The molecule has 0 spiro atoms. The number of thioether (sulfide) groups is 2. The van der Waals surface area contributed by atoms with Crippen molar-refractivity contribution in [3.05, 3.63) is 28.7 Å². The molecule has 0 fully saturated rings. The highest BCUT2D eigenvalue weighted by molar-refractivity contribution is 9.10. The number of halogens is 1. The monoisotopic (exact) mass is 446 g/mol. The maximum absolute atomic E-state index is 11.8. The van der Waals surface area contributed by atoms with Gasteiger partial charge >= 0.3 is 0 Å². The van der Waals surface area contributed by atoms with Gasteiger partial charge in [-0.25, -0.2) is 0 Å². The van der Waals surface area contributed by atoms with Crippen molar-refractivity contribution in [2.45, 2.75) is 15.6 Å². The standard InChI is InChI=1S/C14H15BrN4O2S3/c1-2-22-13-18-19-14(24-13)23-8-12(21)16-7-11(20)17-10-6-4-3-5-9(10)15/h3-6H,2,7-8H2,1H3,(H,16,21)(H,17,20). The van der Waals surface area contributed by atoms with Crippen LogP contribution in [-0.2, 0) is 9.59 Å². The van der Waals surface area contributed by atoms with Gasteiger partial charge in [0.25, 0.3) is 0 Å². The van der Waals surface area contributed by atoms with Gasteiger partial charge in [-0.05, 0) is 33.8 Å². The van der Waals surface area contributed by atoms with E-state index < -0.39 is 0 Å². The summed E-state index contributed by atoms with van der Waals surface area (Å²) in [6.45, 7) is 1.97. The Bertz CT molecular complexity index is 711. The van der Waals surface area contributed by atoms with E-state index in [0.29, 0.717) is 5.69 Å². The molecule has 0 unspecified atom stereocenters. The predicted molar refractivity (Wildman–Crippen MR) is 103 cm³/mol. The average molecular weight is 447 g/mol. The van der Waals surface area contributed by atoms with Crippen LogP contribution in [-0.4, -0.2) is 40.1 Å². The minimum atomic E-state index is -0.280. The first kappa shape index (κ1) is 19.2. The zero-order chi connectivity index (χ0) is 17.4. The third kappa shape index (κ3) is 6.42. The molecular formula is C14H15BrN4O2S3. The minimum Gasteiger partial charge on any atom is -0.346 e. The van der Waals surface area contributed by atoms with Gasteiger partial charge in [-0.2, -0.15) is 0 Å². The van der Waals surface area contributed by atoms with Crippen LogP contribution in [0, 0.1) is 0 Å². The highest BCUT2D eigenvalue weighted by atomic mass is 79.9. The summed E-state index contributed by atoms with van der Waals surface area (Å²) in [4.78, 5) is 23.6. The van der Waals surface area contributed by atoms with Crippen molar-refractivity contribution in [1.29, 1.82) is 0 Å². The normalized spacial score (nSPS) is 10.4. The smallest absolute Gasteiger partial charge is 0.243 e. The predicted octanol–water partition coefficient (Wildman–Crippen LogP) is 3.26. The quantitative estimate of drug-likeness (QED) is 0.605. The molecule has 0 aliphatic rings. The van der Waals surface area contributed by atoms with Crippen molar-refractivity contribution in [2.75, 3.05) is 23.4 Å². The van der Waals surface area contributed by atoms with E-state index in [1.807, 2.05) is 25.1 Å². The number of carbonyl (C=O) groups is 2. The van der Waals surface area contributed by atoms with Crippen molar-refractivity contribution >= 4 is 68.3 Å². The van der Waals surface area contributed by atoms with Gasteiger partial charge in [-0.3, -0.25) is 9.59 Å². The van der Waals surface area contributed by atoms with Gasteiger partial charge in [0.05, 0.1) is 18.0 Å². The lowest BCUT2D eigenvalue weighted by Gasteiger charge is -2.08. The number of hydrogen-bond donors (Lipinski definition) is 2. The molecule has 2 aromatic rings. The Labute approximate surface area is 160 Å². The van der Waals surface area contributed by atoms with Crippen LogP contribution in [0.1, 0.15) is 6.92 Å². The number of hydrogen-bond acceptors (Lipinski definition) is 7. The van der Waals surface area contributed by atoms with Gasteiger partial charge in [0, 0.05) is 4.47 Å².